The van der Waals surface area contributed by atoms with Gasteiger partial charge in [0.2, 0.25) is 5.91 Å². The van der Waals surface area contributed by atoms with E-state index in [0.29, 0.717) is 32.4 Å². The van der Waals surface area contributed by atoms with E-state index < -0.39 is 5.91 Å². The van der Waals surface area contributed by atoms with E-state index in [1.807, 2.05) is 30.3 Å². The summed E-state index contributed by atoms with van der Waals surface area (Å²) in [6.07, 6.45) is 1.63. The SMILES string of the molecule is O=C(CCCCNC([O-])([O-])c1ccccc1)NCCSc1ccccc1. The highest BCUT2D eigenvalue weighted by Gasteiger charge is 2.05. The summed E-state index contributed by atoms with van der Waals surface area (Å²) in [6, 6.07) is 18.2. The van der Waals surface area contributed by atoms with Crippen molar-refractivity contribution in [3.63, 3.8) is 0 Å². The largest absolute Gasteiger partial charge is 0.848 e. The van der Waals surface area contributed by atoms with Gasteiger partial charge in [0.25, 0.3) is 0 Å². The number of carbonyl (C=O) groups excluding carboxylic acids is 1. The molecule has 0 aliphatic heterocycles. The molecule has 0 aromatic heterocycles. The van der Waals surface area contributed by atoms with Crippen LogP contribution in [0.3, 0.4) is 0 Å². The number of hydrogen-bond acceptors (Lipinski definition) is 5. The van der Waals surface area contributed by atoms with Crippen LogP contribution in [0.25, 0.3) is 0 Å². The number of benzene rings is 2. The standard InChI is InChI=1S/C20H24N2O3S/c23-19(21-15-16-26-18-11-5-2-6-12-18)13-7-8-14-22-20(24,25)17-9-3-1-4-10-17/h1-6,9-12,22H,7-8,13-16H2,(H,21,23)/q-2. The lowest BCUT2D eigenvalue weighted by atomic mass is 10.1. The van der Waals surface area contributed by atoms with Crippen molar-refractivity contribution in [1.82, 2.24) is 10.6 Å². The highest BCUT2D eigenvalue weighted by Crippen LogP contribution is 2.15. The Labute approximate surface area is 158 Å². The van der Waals surface area contributed by atoms with Crippen molar-refractivity contribution in [2.75, 3.05) is 18.8 Å². The predicted octanol–water partition coefficient (Wildman–Crippen LogP) is 1.19. The maximum absolute atomic E-state index is 11.9. The zero-order valence-electron chi connectivity index (χ0n) is 14.6. The first-order chi connectivity index (χ1) is 12.6. The minimum absolute atomic E-state index is 0.00256. The van der Waals surface area contributed by atoms with Crippen LogP contribution in [-0.4, -0.2) is 24.7 Å². The van der Waals surface area contributed by atoms with E-state index in [1.54, 1.807) is 30.0 Å². The molecule has 0 aliphatic carbocycles. The third kappa shape index (κ3) is 7.58. The van der Waals surface area contributed by atoms with E-state index >= 15 is 0 Å². The normalized spacial score (nSPS) is 11.3. The molecule has 1 amide bonds. The summed E-state index contributed by atoms with van der Waals surface area (Å²) >= 11 is 1.70. The molecule has 0 unspecified atom stereocenters. The highest BCUT2D eigenvalue weighted by atomic mass is 32.2. The summed E-state index contributed by atoms with van der Waals surface area (Å²) in [6.45, 7) is 0.911. The van der Waals surface area contributed by atoms with Crippen molar-refractivity contribution < 1.29 is 15.0 Å². The summed E-state index contributed by atoms with van der Waals surface area (Å²) in [7, 11) is 0. The van der Waals surface area contributed by atoms with Crippen molar-refractivity contribution in [1.29, 1.82) is 0 Å². The lowest BCUT2D eigenvalue weighted by molar-refractivity contribution is -0.744. The van der Waals surface area contributed by atoms with Crippen LogP contribution in [0.5, 0.6) is 0 Å². The van der Waals surface area contributed by atoms with Gasteiger partial charge in [0, 0.05) is 23.6 Å². The van der Waals surface area contributed by atoms with Gasteiger partial charge in [-0.25, -0.2) is 0 Å². The zero-order chi connectivity index (χ0) is 18.7. The number of rotatable bonds is 11. The lowest BCUT2D eigenvalue weighted by Crippen LogP contribution is -2.63. The van der Waals surface area contributed by atoms with E-state index in [4.69, 9.17) is 0 Å². The molecule has 0 radical (unpaired) electrons. The molecule has 0 atom stereocenters. The Hall–Kier alpha value is -1.86. The minimum atomic E-state index is -2.54. The molecule has 2 rings (SSSR count). The van der Waals surface area contributed by atoms with Gasteiger partial charge in [0.1, 0.15) is 0 Å². The second-order valence-corrected chi connectivity index (χ2v) is 7.05. The van der Waals surface area contributed by atoms with Crippen LogP contribution in [0, 0.1) is 0 Å². The van der Waals surface area contributed by atoms with Gasteiger partial charge >= 0.3 is 0 Å². The Kier molecular flexibility index (Phi) is 8.64. The maximum atomic E-state index is 11.9. The molecule has 2 aromatic carbocycles. The molecule has 6 heteroatoms. The molecule has 0 fully saturated rings. The van der Waals surface area contributed by atoms with Crippen LogP contribution in [-0.2, 0) is 10.7 Å². The summed E-state index contributed by atoms with van der Waals surface area (Å²) in [5, 5.41) is 29.2. The molecule has 0 saturated heterocycles. The summed E-state index contributed by atoms with van der Waals surface area (Å²) in [5.74, 6) is -1.72. The molecule has 140 valence electrons. The molecule has 0 bridgehead atoms. The molecule has 0 saturated carbocycles. The Morgan fingerprint density at radius 2 is 1.58 bits per heavy atom. The van der Waals surface area contributed by atoms with Crippen molar-refractivity contribution in [2.24, 2.45) is 0 Å². The van der Waals surface area contributed by atoms with Crippen molar-refractivity contribution in [2.45, 2.75) is 30.1 Å². The highest BCUT2D eigenvalue weighted by molar-refractivity contribution is 7.99. The first-order valence-corrected chi connectivity index (χ1v) is 9.72. The molecular weight excluding hydrogens is 348 g/mol. The van der Waals surface area contributed by atoms with Crippen LogP contribution in [0.1, 0.15) is 24.8 Å². The fourth-order valence-electron chi connectivity index (χ4n) is 2.39. The van der Waals surface area contributed by atoms with Gasteiger partial charge in [-0.3, -0.25) is 4.79 Å². The third-order valence-corrected chi connectivity index (χ3v) is 4.79. The summed E-state index contributed by atoms with van der Waals surface area (Å²) in [5.41, 5.74) is 0.175. The van der Waals surface area contributed by atoms with Crippen LogP contribution in [0.2, 0.25) is 0 Å². The van der Waals surface area contributed by atoms with Gasteiger partial charge in [0.05, 0.1) is 0 Å². The fraction of sp³-hybridized carbons (Fsp3) is 0.350. The van der Waals surface area contributed by atoms with Crippen LogP contribution >= 0.6 is 11.8 Å². The average molecular weight is 372 g/mol. The molecule has 5 nitrogen and oxygen atoms in total. The van der Waals surface area contributed by atoms with E-state index in [2.05, 4.69) is 10.6 Å². The second kappa shape index (κ2) is 11.0. The van der Waals surface area contributed by atoms with Gasteiger partial charge in [-0.05, 0) is 31.5 Å². The smallest absolute Gasteiger partial charge is 0.220 e. The molecule has 2 aromatic rings. The van der Waals surface area contributed by atoms with E-state index in [-0.39, 0.29) is 11.5 Å². The summed E-state index contributed by atoms with van der Waals surface area (Å²) < 4.78 is 0. The molecule has 0 aliphatic rings. The van der Waals surface area contributed by atoms with E-state index in [0.717, 1.165) is 5.75 Å². The molecule has 26 heavy (non-hydrogen) atoms. The molecule has 0 spiro atoms. The number of thioether (sulfide) groups is 1. The Morgan fingerprint density at radius 1 is 0.923 bits per heavy atom. The van der Waals surface area contributed by atoms with Gasteiger partial charge in [-0.1, -0.05) is 54.1 Å². The average Bonchev–Trinajstić information content (AvgIpc) is 2.66. The van der Waals surface area contributed by atoms with Crippen molar-refractivity contribution >= 4 is 17.7 Å². The van der Waals surface area contributed by atoms with Gasteiger partial charge in [-0.2, -0.15) is 0 Å². The molecule has 0 heterocycles. The number of unbranched alkanes of at least 4 members (excludes halogenated alkanes) is 1. The monoisotopic (exact) mass is 372 g/mol. The van der Waals surface area contributed by atoms with Crippen LogP contribution < -0.4 is 20.8 Å². The number of nitrogens with one attached hydrogen (secondary N) is 2. The predicted molar refractivity (Wildman–Crippen MR) is 100 cm³/mol. The van der Waals surface area contributed by atoms with Crippen LogP contribution in [0.15, 0.2) is 65.6 Å². The Bertz CT molecular complexity index is 651. The first-order valence-electron chi connectivity index (χ1n) is 8.74. The topological polar surface area (TPSA) is 87.2 Å². The van der Waals surface area contributed by atoms with Gasteiger partial charge in [0.15, 0.2) is 0 Å². The third-order valence-electron chi connectivity index (χ3n) is 3.78. The Morgan fingerprint density at radius 3 is 2.27 bits per heavy atom. The fourth-order valence-corrected chi connectivity index (χ4v) is 3.18. The van der Waals surface area contributed by atoms with E-state index in [9.17, 15) is 15.0 Å². The second-order valence-electron chi connectivity index (χ2n) is 5.88. The van der Waals surface area contributed by atoms with Crippen LogP contribution in [0.4, 0.5) is 0 Å². The molecule has 2 N–H and O–H groups in total. The van der Waals surface area contributed by atoms with Crippen molar-refractivity contribution in [3.8, 4) is 0 Å². The zero-order valence-corrected chi connectivity index (χ0v) is 15.5. The van der Waals surface area contributed by atoms with Crippen molar-refractivity contribution in [3.05, 3.63) is 66.2 Å². The summed E-state index contributed by atoms with van der Waals surface area (Å²) in [4.78, 5) is 13.0. The minimum Gasteiger partial charge on any atom is -0.848 e. The number of carbonyl (C=O) groups is 1. The van der Waals surface area contributed by atoms with Gasteiger partial charge in [-0.15, -0.1) is 17.7 Å². The Balaban J connectivity index is 1.52. The lowest BCUT2D eigenvalue weighted by Gasteiger charge is -2.50. The first kappa shape index (κ1) is 20.5. The van der Waals surface area contributed by atoms with Gasteiger partial charge < -0.3 is 20.8 Å². The maximum Gasteiger partial charge on any atom is 0.220 e. The number of hydrogen-bond donors (Lipinski definition) is 2. The van der Waals surface area contributed by atoms with E-state index in [1.165, 1.54) is 17.0 Å². The number of amides is 1. The quantitative estimate of drug-likeness (QED) is 0.351. The molecular formula is C20H24N2O3S-2.